The second-order valence-corrected chi connectivity index (χ2v) is 6.18. The molecule has 0 spiro atoms. The van der Waals surface area contributed by atoms with E-state index in [2.05, 4.69) is 21.0 Å². The number of carbonyl (C=O) groups is 1. The first-order valence-corrected chi connectivity index (χ1v) is 8.42. The standard InChI is InChI=1S/C21H17N3O3/c1-27-19-7-6-15(10-22-19)16-9-17-18(12-24-21(17)23-11-16)14-4-2-13(3-5-14)8-20(25)26/h2-7,9-12H,8H2,1H3,(H,23,24)(H,25,26). The van der Waals surface area contributed by atoms with E-state index >= 15 is 0 Å². The molecule has 1 aromatic carbocycles. The molecule has 0 unspecified atom stereocenters. The number of pyridine rings is 2. The van der Waals surface area contributed by atoms with E-state index in [1.807, 2.05) is 48.8 Å². The topological polar surface area (TPSA) is 88.1 Å². The molecular weight excluding hydrogens is 342 g/mol. The summed E-state index contributed by atoms with van der Waals surface area (Å²) in [6.45, 7) is 0. The van der Waals surface area contributed by atoms with Crippen LogP contribution in [0.25, 0.3) is 33.3 Å². The number of hydrogen-bond donors (Lipinski definition) is 2. The number of ether oxygens (including phenoxy) is 1. The van der Waals surface area contributed by atoms with E-state index < -0.39 is 5.97 Å². The van der Waals surface area contributed by atoms with E-state index in [9.17, 15) is 4.79 Å². The number of aromatic nitrogens is 3. The second kappa shape index (κ2) is 6.92. The van der Waals surface area contributed by atoms with Gasteiger partial charge >= 0.3 is 5.97 Å². The lowest BCUT2D eigenvalue weighted by atomic mass is 10.0. The molecule has 0 fully saturated rings. The molecule has 0 bridgehead atoms. The van der Waals surface area contributed by atoms with Crippen LogP contribution >= 0.6 is 0 Å². The second-order valence-electron chi connectivity index (χ2n) is 6.18. The minimum absolute atomic E-state index is 0.0182. The minimum Gasteiger partial charge on any atom is -0.481 e. The summed E-state index contributed by atoms with van der Waals surface area (Å²) >= 11 is 0. The number of nitrogens with one attached hydrogen (secondary N) is 1. The number of hydrogen-bond acceptors (Lipinski definition) is 4. The van der Waals surface area contributed by atoms with E-state index in [0.717, 1.165) is 38.9 Å². The van der Waals surface area contributed by atoms with Crippen LogP contribution in [-0.2, 0) is 11.2 Å². The first kappa shape index (κ1) is 16.8. The van der Waals surface area contributed by atoms with Crippen LogP contribution in [0.1, 0.15) is 5.56 Å². The quantitative estimate of drug-likeness (QED) is 0.564. The molecule has 0 atom stereocenters. The molecule has 0 aliphatic rings. The number of aliphatic carboxylic acids is 1. The zero-order valence-electron chi connectivity index (χ0n) is 14.6. The number of carboxylic acids is 1. The molecule has 134 valence electrons. The average Bonchev–Trinajstić information content (AvgIpc) is 3.11. The van der Waals surface area contributed by atoms with E-state index in [0.29, 0.717) is 5.88 Å². The summed E-state index contributed by atoms with van der Waals surface area (Å²) in [5, 5.41) is 9.90. The molecule has 3 aromatic heterocycles. The van der Waals surface area contributed by atoms with Crippen molar-refractivity contribution >= 4 is 17.0 Å². The maximum Gasteiger partial charge on any atom is 0.307 e. The lowest BCUT2D eigenvalue weighted by Crippen LogP contribution is -1.99. The van der Waals surface area contributed by atoms with Gasteiger partial charge in [-0.15, -0.1) is 0 Å². The number of H-pyrrole nitrogens is 1. The molecule has 27 heavy (non-hydrogen) atoms. The van der Waals surface area contributed by atoms with E-state index in [1.165, 1.54) is 0 Å². The molecule has 0 radical (unpaired) electrons. The van der Waals surface area contributed by atoms with Gasteiger partial charge in [-0.1, -0.05) is 24.3 Å². The Kier molecular flexibility index (Phi) is 4.30. The Morgan fingerprint density at radius 1 is 1.04 bits per heavy atom. The predicted molar refractivity (Wildman–Crippen MR) is 103 cm³/mol. The molecule has 0 amide bonds. The average molecular weight is 359 g/mol. The highest BCUT2D eigenvalue weighted by atomic mass is 16.5. The minimum atomic E-state index is -0.836. The maximum absolute atomic E-state index is 10.8. The van der Waals surface area contributed by atoms with Crippen molar-refractivity contribution in [3.05, 3.63) is 66.6 Å². The maximum atomic E-state index is 10.8. The summed E-state index contributed by atoms with van der Waals surface area (Å²) in [6, 6.07) is 13.4. The zero-order chi connectivity index (χ0) is 18.8. The molecule has 6 nitrogen and oxygen atoms in total. The highest BCUT2D eigenvalue weighted by Gasteiger charge is 2.10. The highest BCUT2D eigenvalue weighted by Crippen LogP contribution is 2.31. The van der Waals surface area contributed by atoms with Crippen LogP contribution in [0.2, 0.25) is 0 Å². The smallest absolute Gasteiger partial charge is 0.307 e. The Hall–Kier alpha value is -3.67. The van der Waals surface area contributed by atoms with Gasteiger partial charge in [0.05, 0.1) is 13.5 Å². The molecule has 6 heteroatoms. The Morgan fingerprint density at radius 3 is 2.44 bits per heavy atom. The van der Waals surface area contributed by atoms with Gasteiger partial charge in [0.15, 0.2) is 0 Å². The van der Waals surface area contributed by atoms with Crippen molar-refractivity contribution in [2.75, 3.05) is 7.11 Å². The van der Waals surface area contributed by atoms with Crippen molar-refractivity contribution in [3.8, 4) is 28.1 Å². The zero-order valence-corrected chi connectivity index (χ0v) is 14.6. The summed E-state index contributed by atoms with van der Waals surface area (Å²) < 4.78 is 5.10. The monoisotopic (exact) mass is 359 g/mol. The van der Waals surface area contributed by atoms with Gasteiger partial charge in [-0.2, -0.15) is 0 Å². The van der Waals surface area contributed by atoms with Crippen molar-refractivity contribution in [2.24, 2.45) is 0 Å². The van der Waals surface area contributed by atoms with Crippen molar-refractivity contribution < 1.29 is 14.6 Å². The molecular formula is C21H17N3O3. The van der Waals surface area contributed by atoms with E-state index in [1.54, 1.807) is 13.3 Å². The number of rotatable bonds is 5. The van der Waals surface area contributed by atoms with Crippen LogP contribution < -0.4 is 4.74 Å². The summed E-state index contributed by atoms with van der Waals surface area (Å²) in [7, 11) is 1.59. The van der Waals surface area contributed by atoms with E-state index in [4.69, 9.17) is 9.84 Å². The lowest BCUT2D eigenvalue weighted by molar-refractivity contribution is -0.136. The van der Waals surface area contributed by atoms with Gasteiger partial charge in [0.1, 0.15) is 5.65 Å². The summed E-state index contributed by atoms with van der Waals surface area (Å²) in [5.74, 6) is -0.270. The van der Waals surface area contributed by atoms with Crippen LogP contribution in [0.15, 0.2) is 61.1 Å². The van der Waals surface area contributed by atoms with Crippen LogP contribution in [0.5, 0.6) is 5.88 Å². The lowest BCUT2D eigenvalue weighted by Gasteiger charge is -2.05. The number of carboxylic acid groups (broad SMARTS) is 1. The van der Waals surface area contributed by atoms with Gasteiger partial charge in [-0.05, 0) is 23.3 Å². The van der Waals surface area contributed by atoms with E-state index in [-0.39, 0.29) is 6.42 Å². The van der Waals surface area contributed by atoms with Gasteiger partial charge in [0, 0.05) is 46.7 Å². The van der Waals surface area contributed by atoms with Gasteiger partial charge in [-0.25, -0.2) is 9.97 Å². The molecule has 3 heterocycles. The van der Waals surface area contributed by atoms with Crippen molar-refractivity contribution in [2.45, 2.75) is 6.42 Å². The van der Waals surface area contributed by atoms with Gasteiger partial charge < -0.3 is 14.8 Å². The Balaban J connectivity index is 1.72. The fraction of sp³-hybridized carbons (Fsp3) is 0.0952. The first-order chi connectivity index (χ1) is 13.1. The number of benzene rings is 1. The summed E-state index contributed by atoms with van der Waals surface area (Å²) in [5.41, 5.74) is 5.50. The molecule has 0 aliphatic carbocycles. The van der Waals surface area contributed by atoms with Crippen LogP contribution in [0, 0.1) is 0 Å². The Labute approximate surface area is 155 Å². The Bertz CT molecular complexity index is 1100. The normalized spacial score (nSPS) is 10.9. The number of fused-ring (bicyclic) bond motifs is 1. The van der Waals surface area contributed by atoms with Gasteiger partial charge in [0.25, 0.3) is 0 Å². The third-order valence-corrected chi connectivity index (χ3v) is 4.43. The molecule has 4 rings (SSSR count). The number of methoxy groups -OCH3 is 1. The molecule has 2 N–H and O–H groups in total. The van der Waals surface area contributed by atoms with Crippen molar-refractivity contribution in [1.82, 2.24) is 15.0 Å². The van der Waals surface area contributed by atoms with Crippen molar-refractivity contribution in [3.63, 3.8) is 0 Å². The molecule has 0 saturated carbocycles. The first-order valence-electron chi connectivity index (χ1n) is 8.42. The number of nitrogens with zero attached hydrogens (tertiary/aromatic N) is 2. The SMILES string of the molecule is COc1ccc(-c2cnc3[nH]cc(-c4ccc(CC(=O)O)cc4)c3c2)cn1. The largest absolute Gasteiger partial charge is 0.481 e. The molecule has 0 aliphatic heterocycles. The van der Waals surface area contributed by atoms with Crippen LogP contribution in [-0.4, -0.2) is 33.1 Å². The van der Waals surface area contributed by atoms with Crippen LogP contribution in [0.4, 0.5) is 0 Å². The summed E-state index contributed by atoms with van der Waals surface area (Å²) in [4.78, 5) is 22.8. The number of aromatic amines is 1. The van der Waals surface area contributed by atoms with Crippen molar-refractivity contribution in [1.29, 1.82) is 0 Å². The summed E-state index contributed by atoms with van der Waals surface area (Å²) in [6.07, 6.45) is 5.50. The van der Waals surface area contributed by atoms with Gasteiger partial charge in [0.2, 0.25) is 5.88 Å². The highest BCUT2D eigenvalue weighted by molar-refractivity contribution is 5.95. The third kappa shape index (κ3) is 3.37. The third-order valence-electron chi connectivity index (χ3n) is 4.43. The van der Waals surface area contributed by atoms with Crippen LogP contribution in [0.3, 0.4) is 0 Å². The fourth-order valence-corrected chi connectivity index (χ4v) is 3.05. The molecule has 0 saturated heterocycles. The fourth-order valence-electron chi connectivity index (χ4n) is 3.05. The van der Waals surface area contributed by atoms with Gasteiger partial charge in [-0.3, -0.25) is 4.79 Å². The predicted octanol–water partition coefficient (Wildman–Crippen LogP) is 3.93. The Morgan fingerprint density at radius 2 is 1.78 bits per heavy atom. The molecule has 4 aromatic rings.